The van der Waals surface area contributed by atoms with Crippen LogP contribution in [0.4, 0.5) is 11.4 Å². The first kappa shape index (κ1) is 14.8. The number of non-ortho nitro benzene ring substituents is 1. The number of amides is 1. The van der Waals surface area contributed by atoms with Crippen LogP contribution in [0, 0.1) is 10.1 Å². The topological polar surface area (TPSA) is 66.7 Å². The van der Waals surface area contributed by atoms with E-state index in [1.807, 2.05) is 12.1 Å². The molecule has 0 spiro atoms. The molecule has 0 radical (unpaired) electrons. The van der Waals surface area contributed by atoms with Crippen molar-refractivity contribution in [3.05, 3.63) is 69.3 Å². The maximum atomic E-state index is 12.5. The monoisotopic (exact) mass is 323 g/mol. The maximum absolute atomic E-state index is 12.5. The molecule has 0 N–H and O–H groups in total. The van der Waals surface area contributed by atoms with Crippen LogP contribution >= 0.6 is 0 Å². The fourth-order valence-electron chi connectivity index (χ4n) is 3.75. The molecule has 122 valence electrons. The molecular formula is C18H17N3O3. The summed E-state index contributed by atoms with van der Waals surface area (Å²) in [5.74, 6) is 0.00647. The Morgan fingerprint density at radius 3 is 2.75 bits per heavy atom. The summed E-state index contributed by atoms with van der Waals surface area (Å²) >= 11 is 0. The zero-order chi connectivity index (χ0) is 16.8. The summed E-state index contributed by atoms with van der Waals surface area (Å²) in [7, 11) is 1.73. The Morgan fingerprint density at radius 2 is 1.96 bits per heavy atom. The average molecular weight is 323 g/mol. The molecule has 0 fully saturated rings. The van der Waals surface area contributed by atoms with Crippen molar-refractivity contribution < 1.29 is 9.72 Å². The van der Waals surface area contributed by atoms with Gasteiger partial charge in [0.1, 0.15) is 0 Å². The van der Waals surface area contributed by atoms with Crippen LogP contribution in [0.3, 0.4) is 0 Å². The largest absolute Gasteiger partial charge is 0.314 e. The van der Waals surface area contributed by atoms with E-state index in [0.717, 1.165) is 29.8 Å². The van der Waals surface area contributed by atoms with E-state index in [2.05, 4.69) is 17.0 Å². The molecule has 2 aliphatic heterocycles. The number of likely N-dealkylation sites (N-methyl/N-ethyl adjacent to an activating group) is 1. The van der Waals surface area contributed by atoms with Gasteiger partial charge in [-0.3, -0.25) is 19.8 Å². The van der Waals surface area contributed by atoms with Crippen LogP contribution in [-0.4, -0.2) is 35.9 Å². The SMILES string of the molecule is CN1C(=O)CN2CCc3ccccc3C2c2cc([N+](=O)[O-])ccc21. The predicted octanol–water partition coefficient (Wildman–Crippen LogP) is 2.52. The van der Waals surface area contributed by atoms with Gasteiger partial charge in [-0.25, -0.2) is 0 Å². The fraction of sp³-hybridized carbons (Fsp3) is 0.278. The number of hydrogen-bond acceptors (Lipinski definition) is 4. The van der Waals surface area contributed by atoms with Crippen molar-refractivity contribution >= 4 is 17.3 Å². The summed E-state index contributed by atoms with van der Waals surface area (Å²) in [6, 6.07) is 12.8. The van der Waals surface area contributed by atoms with Crippen molar-refractivity contribution in [3.8, 4) is 0 Å². The first-order valence-corrected chi connectivity index (χ1v) is 7.93. The van der Waals surface area contributed by atoms with Crippen LogP contribution in [0.15, 0.2) is 42.5 Å². The Balaban J connectivity index is 1.97. The van der Waals surface area contributed by atoms with E-state index in [9.17, 15) is 14.9 Å². The zero-order valence-electron chi connectivity index (χ0n) is 13.3. The van der Waals surface area contributed by atoms with Crippen molar-refractivity contribution in [2.45, 2.75) is 12.5 Å². The molecule has 1 unspecified atom stereocenters. The van der Waals surface area contributed by atoms with Gasteiger partial charge < -0.3 is 4.90 Å². The van der Waals surface area contributed by atoms with Crippen LogP contribution in [0.1, 0.15) is 22.7 Å². The van der Waals surface area contributed by atoms with Gasteiger partial charge in [0.25, 0.3) is 5.69 Å². The molecule has 6 heteroatoms. The Bertz CT molecular complexity index is 849. The third-order valence-electron chi connectivity index (χ3n) is 4.97. The van der Waals surface area contributed by atoms with Crippen molar-refractivity contribution in [2.75, 3.05) is 25.0 Å². The Morgan fingerprint density at radius 1 is 1.17 bits per heavy atom. The van der Waals surface area contributed by atoms with Crippen LogP contribution in [0.2, 0.25) is 0 Å². The smallest absolute Gasteiger partial charge is 0.269 e. The van der Waals surface area contributed by atoms with E-state index in [1.54, 1.807) is 24.1 Å². The highest BCUT2D eigenvalue weighted by atomic mass is 16.6. The molecule has 1 atom stereocenters. The van der Waals surface area contributed by atoms with E-state index >= 15 is 0 Å². The molecule has 4 rings (SSSR count). The number of nitro groups is 1. The van der Waals surface area contributed by atoms with Gasteiger partial charge >= 0.3 is 0 Å². The summed E-state index contributed by atoms with van der Waals surface area (Å²) in [6.07, 6.45) is 0.883. The average Bonchev–Trinajstić information content (AvgIpc) is 2.70. The minimum absolute atomic E-state index is 0.00647. The van der Waals surface area contributed by atoms with Gasteiger partial charge in [0.15, 0.2) is 0 Å². The van der Waals surface area contributed by atoms with Crippen molar-refractivity contribution in [2.24, 2.45) is 0 Å². The summed E-state index contributed by atoms with van der Waals surface area (Å²) in [4.78, 5) is 27.1. The number of nitrogens with zero attached hydrogens (tertiary/aromatic N) is 3. The lowest BCUT2D eigenvalue weighted by molar-refractivity contribution is -0.384. The highest BCUT2D eigenvalue weighted by Crippen LogP contribution is 2.42. The quantitative estimate of drug-likeness (QED) is 0.597. The van der Waals surface area contributed by atoms with E-state index in [0.29, 0.717) is 6.54 Å². The van der Waals surface area contributed by atoms with Crippen molar-refractivity contribution in [3.63, 3.8) is 0 Å². The minimum atomic E-state index is -0.383. The third-order valence-corrected chi connectivity index (χ3v) is 4.97. The second kappa shape index (κ2) is 5.42. The van der Waals surface area contributed by atoms with Crippen LogP contribution in [0.5, 0.6) is 0 Å². The third kappa shape index (κ3) is 2.18. The van der Waals surface area contributed by atoms with Gasteiger partial charge in [-0.2, -0.15) is 0 Å². The first-order valence-electron chi connectivity index (χ1n) is 7.93. The number of carbonyl (C=O) groups is 1. The Labute approximate surface area is 139 Å². The van der Waals surface area contributed by atoms with Gasteiger partial charge in [0.05, 0.1) is 17.5 Å². The minimum Gasteiger partial charge on any atom is -0.314 e. The van der Waals surface area contributed by atoms with Crippen molar-refractivity contribution in [1.29, 1.82) is 0 Å². The lowest BCUT2D eigenvalue weighted by atomic mass is 9.87. The number of carbonyl (C=O) groups excluding carboxylic acids is 1. The summed E-state index contributed by atoms with van der Waals surface area (Å²) in [5.41, 5.74) is 4.00. The predicted molar refractivity (Wildman–Crippen MR) is 90.1 cm³/mol. The van der Waals surface area contributed by atoms with Gasteiger partial charge in [-0.05, 0) is 23.6 Å². The second-order valence-corrected chi connectivity index (χ2v) is 6.27. The van der Waals surface area contributed by atoms with Crippen LogP contribution in [0.25, 0.3) is 0 Å². The van der Waals surface area contributed by atoms with E-state index < -0.39 is 0 Å². The highest BCUT2D eigenvalue weighted by molar-refractivity contribution is 5.96. The normalized spacial score (nSPS) is 20.0. The van der Waals surface area contributed by atoms with E-state index in [4.69, 9.17) is 0 Å². The number of nitro benzene ring substituents is 1. The lowest BCUT2D eigenvalue weighted by Crippen LogP contribution is -2.40. The first-order chi connectivity index (χ1) is 11.6. The van der Waals surface area contributed by atoms with Gasteiger partial charge in [0.2, 0.25) is 5.91 Å². The molecule has 2 aliphatic rings. The summed E-state index contributed by atoms with van der Waals surface area (Å²) in [6.45, 7) is 1.08. The van der Waals surface area contributed by atoms with Crippen LogP contribution < -0.4 is 4.90 Å². The Kier molecular flexibility index (Phi) is 3.35. The highest BCUT2D eigenvalue weighted by Gasteiger charge is 2.36. The van der Waals surface area contributed by atoms with Crippen LogP contribution in [-0.2, 0) is 11.2 Å². The molecule has 0 saturated heterocycles. The number of hydrogen-bond donors (Lipinski definition) is 0. The molecule has 2 aromatic carbocycles. The Hall–Kier alpha value is -2.73. The number of rotatable bonds is 1. The molecular weight excluding hydrogens is 306 g/mol. The zero-order valence-corrected chi connectivity index (χ0v) is 13.3. The van der Waals surface area contributed by atoms with Gasteiger partial charge in [-0.15, -0.1) is 0 Å². The molecule has 0 aliphatic carbocycles. The molecule has 0 aromatic heterocycles. The summed E-state index contributed by atoms with van der Waals surface area (Å²) < 4.78 is 0. The van der Waals surface area contributed by atoms with E-state index in [1.165, 1.54) is 11.6 Å². The van der Waals surface area contributed by atoms with E-state index in [-0.39, 0.29) is 22.6 Å². The van der Waals surface area contributed by atoms with Crippen molar-refractivity contribution in [1.82, 2.24) is 4.90 Å². The molecule has 2 aromatic rings. The molecule has 2 heterocycles. The molecule has 1 amide bonds. The fourth-order valence-corrected chi connectivity index (χ4v) is 3.75. The standard InChI is InChI=1S/C18H17N3O3/c1-19-16-7-6-13(21(23)24)10-15(16)18-14-5-3-2-4-12(14)8-9-20(18)11-17(19)22/h2-7,10,18H,8-9,11H2,1H3. The number of benzene rings is 2. The molecule has 6 nitrogen and oxygen atoms in total. The summed E-state index contributed by atoms with van der Waals surface area (Å²) in [5, 5.41) is 11.2. The number of anilines is 1. The molecule has 24 heavy (non-hydrogen) atoms. The maximum Gasteiger partial charge on any atom is 0.269 e. The molecule has 0 bridgehead atoms. The lowest BCUT2D eigenvalue weighted by Gasteiger charge is -2.35. The van der Waals surface area contributed by atoms with Gasteiger partial charge in [0, 0.05) is 37.0 Å². The molecule has 0 saturated carbocycles. The second-order valence-electron chi connectivity index (χ2n) is 6.27. The number of fused-ring (bicyclic) bond motifs is 5. The van der Waals surface area contributed by atoms with Gasteiger partial charge in [-0.1, -0.05) is 24.3 Å².